The number of nitrogens with two attached hydrogens (primary N) is 1. The SMILES string of the molecule is C=C(N)c1nc(CC)c(NC2CCOCC2)nc1Nc1cccc(C#CCCNC(=O)C#CC)c1. The van der Waals surface area contributed by atoms with Crippen LogP contribution in [0.15, 0.2) is 30.8 Å². The van der Waals surface area contributed by atoms with Gasteiger partial charge in [-0.15, -0.1) is 0 Å². The van der Waals surface area contributed by atoms with E-state index in [1.165, 1.54) is 0 Å². The van der Waals surface area contributed by atoms with Crippen molar-refractivity contribution in [3.05, 3.63) is 47.8 Å². The molecule has 35 heavy (non-hydrogen) atoms. The average molecular weight is 473 g/mol. The lowest BCUT2D eigenvalue weighted by molar-refractivity contribution is -0.115. The fourth-order valence-corrected chi connectivity index (χ4v) is 3.55. The molecule has 1 aromatic heterocycles. The van der Waals surface area contributed by atoms with Crippen LogP contribution in [0.3, 0.4) is 0 Å². The molecule has 1 saturated heterocycles. The van der Waals surface area contributed by atoms with Crippen LogP contribution in [-0.2, 0) is 16.0 Å². The predicted octanol–water partition coefficient (Wildman–Crippen LogP) is 3.18. The number of aromatic nitrogens is 2. The average Bonchev–Trinajstić information content (AvgIpc) is 2.85. The number of rotatable bonds is 8. The van der Waals surface area contributed by atoms with Crippen LogP contribution in [0.25, 0.3) is 5.70 Å². The zero-order valence-electron chi connectivity index (χ0n) is 20.3. The maximum absolute atomic E-state index is 11.4. The number of carbonyl (C=O) groups excluding carboxylic acids is 1. The quantitative estimate of drug-likeness (QED) is 0.345. The van der Waals surface area contributed by atoms with Crippen LogP contribution in [0, 0.1) is 23.7 Å². The van der Waals surface area contributed by atoms with E-state index in [1.54, 1.807) is 6.92 Å². The number of amides is 1. The van der Waals surface area contributed by atoms with Gasteiger partial charge in [0.1, 0.15) is 11.5 Å². The van der Waals surface area contributed by atoms with Crippen molar-refractivity contribution in [3.63, 3.8) is 0 Å². The van der Waals surface area contributed by atoms with Crippen molar-refractivity contribution < 1.29 is 9.53 Å². The van der Waals surface area contributed by atoms with E-state index < -0.39 is 0 Å². The molecule has 0 saturated carbocycles. The number of ether oxygens (including phenoxy) is 1. The Kier molecular flexibility index (Phi) is 9.53. The van der Waals surface area contributed by atoms with E-state index in [9.17, 15) is 4.79 Å². The van der Waals surface area contributed by atoms with Crippen molar-refractivity contribution in [2.75, 3.05) is 30.4 Å². The molecule has 1 aliphatic rings. The van der Waals surface area contributed by atoms with Crippen molar-refractivity contribution >= 4 is 28.9 Å². The molecule has 1 aliphatic heterocycles. The van der Waals surface area contributed by atoms with Crippen LogP contribution in [0.2, 0.25) is 0 Å². The molecule has 3 rings (SSSR count). The Balaban J connectivity index is 1.76. The third-order valence-corrected chi connectivity index (χ3v) is 5.30. The minimum absolute atomic E-state index is 0.292. The van der Waals surface area contributed by atoms with Gasteiger partial charge in [-0.2, -0.15) is 0 Å². The van der Waals surface area contributed by atoms with Gasteiger partial charge < -0.3 is 26.4 Å². The van der Waals surface area contributed by atoms with E-state index in [4.69, 9.17) is 20.4 Å². The standard InChI is InChI=1S/C27H32N6O2/c1-4-9-24(34)29-15-7-6-10-20-11-8-12-22(18-20)31-27-25(19(3)28)32-23(5-2)26(33-27)30-21-13-16-35-17-14-21/h8,11-12,18,21H,3,5,7,13-17,28H2,1-2H3,(H,29,34)(H2,30,31,33). The molecule has 0 aliphatic carbocycles. The third kappa shape index (κ3) is 7.77. The zero-order valence-corrected chi connectivity index (χ0v) is 20.3. The van der Waals surface area contributed by atoms with Gasteiger partial charge in [0.25, 0.3) is 5.91 Å². The number of carbonyl (C=O) groups is 1. The number of nitrogens with zero attached hydrogens (tertiary/aromatic N) is 2. The number of hydrogen-bond donors (Lipinski definition) is 4. The van der Waals surface area contributed by atoms with Gasteiger partial charge in [0.05, 0.1) is 11.4 Å². The molecule has 1 amide bonds. The summed E-state index contributed by atoms with van der Waals surface area (Å²) in [5.74, 6) is 12.2. The zero-order chi connectivity index (χ0) is 25.0. The van der Waals surface area contributed by atoms with Crippen LogP contribution in [-0.4, -0.2) is 41.7 Å². The molecule has 2 heterocycles. The number of hydrogen-bond acceptors (Lipinski definition) is 7. The molecule has 8 nitrogen and oxygen atoms in total. The molecule has 0 spiro atoms. The monoisotopic (exact) mass is 472 g/mol. The van der Waals surface area contributed by atoms with Crippen molar-refractivity contribution in [2.24, 2.45) is 5.73 Å². The van der Waals surface area contributed by atoms with Crippen molar-refractivity contribution in [1.82, 2.24) is 15.3 Å². The lowest BCUT2D eigenvalue weighted by Crippen LogP contribution is -2.29. The fourth-order valence-electron chi connectivity index (χ4n) is 3.55. The first-order valence-corrected chi connectivity index (χ1v) is 11.8. The summed E-state index contributed by atoms with van der Waals surface area (Å²) >= 11 is 0. The minimum atomic E-state index is -0.293. The molecule has 5 N–H and O–H groups in total. The van der Waals surface area contributed by atoms with Gasteiger partial charge in [-0.05, 0) is 50.3 Å². The molecule has 1 aromatic carbocycles. The highest BCUT2D eigenvalue weighted by Crippen LogP contribution is 2.26. The van der Waals surface area contributed by atoms with Crippen LogP contribution >= 0.6 is 0 Å². The van der Waals surface area contributed by atoms with Crippen LogP contribution < -0.4 is 21.7 Å². The van der Waals surface area contributed by atoms with Crippen LogP contribution in [0.1, 0.15) is 50.1 Å². The Labute approximate surface area is 207 Å². The van der Waals surface area contributed by atoms with E-state index >= 15 is 0 Å². The van der Waals surface area contributed by atoms with Gasteiger partial charge in [0.2, 0.25) is 0 Å². The molecular formula is C27H32N6O2. The van der Waals surface area contributed by atoms with E-state index in [0.717, 1.165) is 55.2 Å². The highest BCUT2D eigenvalue weighted by Gasteiger charge is 2.19. The fraction of sp³-hybridized carbons (Fsp3) is 0.370. The second-order valence-corrected chi connectivity index (χ2v) is 8.01. The van der Waals surface area contributed by atoms with E-state index in [-0.39, 0.29) is 5.91 Å². The molecular weight excluding hydrogens is 440 g/mol. The molecule has 8 heteroatoms. The Bertz CT molecular complexity index is 1180. The van der Waals surface area contributed by atoms with Gasteiger partial charge in [-0.3, -0.25) is 4.79 Å². The summed E-state index contributed by atoms with van der Waals surface area (Å²) in [6.45, 7) is 9.48. The van der Waals surface area contributed by atoms with Gasteiger partial charge >= 0.3 is 0 Å². The summed E-state index contributed by atoms with van der Waals surface area (Å²) in [5.41, 5.74) is 9.42. The lowest BCUT2D eigenvalue weighted by atomic mass is 10.1. The molecule has 182 valence electrons. The van der Waals surface area contributed by atoms with Crippen molar-refractivity contribution in [2.45, 2.75) is 45.6 Å². The van der Waals surface area contributed by atoms with Gasteiger partial charge in [0, 0.05) is 43.5 Å². The topological polar surface area (TPSA) is 114 Å². The second-order valence-electron chi connectivity index (χ2n) is 8.01. The molecule has 0 bridgehead atoms. The summed E-state index contributed by atoms with van der Waals surface area (Å²) in [6.07, 6.45) is 3.09. The van der Waals surface area contributed by atoms with Crippen molar-refractivity contribution in [1.29, 1.82) is 0 Å². The minimum Gasteiger partial charge on any atom is -0.397 e. The first-order valence-electron chi connectivity index (χ1n) is 11.8. The highest BCUT2D eigenvalue weighted by molar-refractivity contribution is 5.93. The Morgan fingerprint density at radius 2 is 2.06 bits per heavy atom. The smallest absolute Gasteiger partial charge is 0.295 e. The summed E-state index contributed by atoms with van der Waals surface area (Å²) in [5, 5.41) is 9.57. The van der Waals surface area contributed by atoms with E-state index in [1.807, 2.05) is 31.2 Å². The number of aryl methyl sites for hydroxylation is 1. The molecule has 1 fully saturated rings. The maximum Gasteiger partial charge on any atom is 0.295 e. The Morgan fingerprint density at radius 1 is 1.26 bits per heavy atom. The normalized spacial score (nSPS) is 13.0. The van der Waals surface area contributed by atoms with Crippen LogP contribution in [0.4, 0.5) is 17.3 Å². The first kappa shape index (κ1) is 25.6. The first-order chi connectivity index (χ1) is 17.0. The number of nitrogens with one attached hydrogen (secondary N) is 3. The summed E-state index contributed by atoms with van der Waals surface area (Å²) in [6, 6.07) is 7.99. The van der Waals surface area contributed by atoms with Crippen LogP contribution in [0.5, 0.6) is 0 Å². The predicted molar refractivity (Wildman–Crippen MR) is 140 cm³/mol. The van der Waals surface area contributed by atoms with E-state index in [2.05, 4.69) is 46.2 Å². The third-order valence-electron chi connectivity index (χ3n) is 5.30. The maximum atomic E-state index is 11.4. The number of benzene rings is 1. The van der Waals surface area contributed by atoms with Crippen molar-refractivity contribution in [3.8, 4) is 23.7 Å². The molecule has 0 unspecified atom stereocenters. The molecule has 0 radical (unpaired) electrons. The second kappa shape index (κ2) is 13.0. The van der Waals surface area contributed by atoms with Gasteiger partial charge in [-0.1, -0.05) is 37.3 Å². The van der Waals surface area contributed by atoms with Gasteiger partial charge in [-0.25, -0.2) is 9.97 Å². The summed E-state index contributed by atoms with van der Waals surface area (Å²) < 4.78 is 5.47. The number of anilines is 3. The van der Waals surface area contributed by atoms with Gasteiger partial charge in [0.15, 0.2) is 5.82 Å². The Morgan fingerprint density at radius 3 is 2.77 bits per heavy atom. The molecule has 0 atom stereocenters. The summed E-state index contributed by atoms with van der Waals surface area (Å²) in [7, 11) is 0. The summed E-state index contributed by atoms with van der Waals surface area (Å²) in [4.78, 5) is 21.0. The molecule has 2 aromatic rings. The highest BCUT2D eigenvalue weighted by atomic mass is 16.5. The Hall–Kier alpha value is -4.01. The largest absolute Gasteiger partial charge is 0.397 e. The van der Waals surface area contributed by atoms with E-state index in [0.29, 0.717) is 36.2 Å². The lowest BCUT2D eigenvalue weighted by Gasteiger charge is -2.25.